The van der Waals surface area contributed by atoms with E-state index in [-0.39, 0.29) is 12.4 Å². The smallest absolute Gasteiger partial charge is 0.230 e. The third-order valence-electron chi connectivity index (χ3n) is 4.71. The van der Waals surface area contributed by atoms with E-state index < -0.39 is 11.6 Å². The number of nitrogens with one attached hydrogen (secondary N) is 1. The van der Waals surface area contributed by atoms with Gasteiger partial charge in [-0.05, 0) is 56.0 Å². The molecular weight excluding hydrogens is 312 g/mol. The molecule has 1 aliphatic heterocycles. The van der Waals surface area contributed by atoms with E-state index in [0.29, 0.717) is 28.6 Å². The van der Waals surface area contributed by atoms with Crippen LogP contribution in [0.1, 0.15) is 31.1 Å². The largest absolute Gasteiger partial charge is 0.339 e. The molecule has 22 heavy (non-hydrogen) atoms. The van der Waals surface area contributed by atoms with E-state index >= 15 is 0 Å². The molecule has 0 radical (unpaired) electrons. The highest BCUT2D eigenvalue weighted by Gasteiger charge is 2.57. The van der Waals surface area contributed by atoms with Gasteiger partial charge in [-0.1, -0.05) is 5.16 Å². The van der Waals surface area contributed by atoms with E-state index in [0.717, 1.165) is 44.5 Å². The molecule has 2 aromatic rings. The average Bonchev–Trinajstić information content (AvgIpc) is 2.98. The van der Waals surface area contributed by atoms with Crippen molar-refractivity contribution in [2.75, 3.05) is 13.1 Å². The Morgan fingerprint density at radius 3 is 2.68 bits per heavy atom. The van der Waals surface area contributed by atoms with Crippen LogP contribution in [0.3, 0.4) is 0 Å². The van der Waals surface area contributed by atoms with Crippen LogP contribution in [-0.4, -0.2) is 23.2 Å². The summed E-state index contributed by atoms with van der Waals surface area (Å²) in [6.07, 6.45) is 3.33. The third kappa shape index (κ3) is 2.50. The van der Waals surface area contributed by atoms with Crippen molar-refractivity contribution < 1.29 is 13.3 Å². The molecule has 118 valence electrons. The standard InChI is InChI=1S/C15H15F2N3O.ClH/c16-11-2-1-9(7-12(11)17)13-19-14(21-20-13)10-8-15(10)3-5-18-6-4-15;/h1-2,7,10,18H,3-6,8H2;1H. The zero-order chi connectivity index (χ0) is 14.4. The molecule has 1 N–H and O–H groups in total. The van der Waals surface area contributed by atoms with E-state index in [1.54, 1.807) is 0 Å². The second-order valence-electron chi connectivity index (χ2n) is 5.95. The van der Waals surface area contributed by atoms with Gasteiger partial charge in [0.2, 0.25) is 11.7 Å². The highest BCUT2D eigenvalue weighted by atomic mass is 35.5. The number of hydrogen-bond donors (Lipinski definition) is 1. The normalized spacial score (nSPS) is 22.4. The monoisotopic (exact) mass is 327 g/mol. The average molecular weight is 328 g/mol. The van der Waals surface area contributed by atoms with Gasteiger partial charge < -0.3 is 9.84 Å². The van der Waals surface area contributed by atoms with Crippen LogP contribution in [-0.2, 0) is 0 Å². The molecule has 0 bridgehead atoms. The Kier molecular flexibility index (Phi) is 3.91. The van der Waals surface area contributed by atoms with Crippen molar-refractivity contribution in [3.8, 4) is 11.4 Å². The predicted octanol–water partition coefficient (Wildman–Crippen LogP) is 3.29. The van der Waals surface area contributed by atoms with Crippen molar-refractivity contribution in [2.45, 2.75) is 25.2 Å². The zero-order valence-corrected chi connectivity index (χ0v) is 12.6. The number of rotatable bonds is 2. The van der Waals surface area contributed by atoms with Crippen molar-refractivity contribution in [1.82, 2.24) is 15.5 Å². The lowest BCUT2D eigenvalue weighted by atomic mass is 9.92. The summed E-state index contributed by atoms with van der Waals surface area (Å²) in [7, 11) is 0. The Balaban J connectivity index is 0.00000144. The number of piperidine rings is 1. The van der Waals surface area contributed by atoms with E-state index in [9.17, 15) is 8.78 Å². The van der Waals surface area contributed by atoms with Crippen molar-refractivity contribution in [2.24, 2.45) is 5.41 Å². The second-order valence-corrected chi connectivity index (χ2v) is 5.95. The Morgan fingerprint density at radius 1 is 1.18 bits per heavy atom. The maximum absolute atomic E-state index is 13.3. The molecule has 0 amide bonds. The molecule has 1 aromatic heterocycles. The maximum Gasteiger partial charge on any atom is 0.230 e. The topological polar surface area (TPSA) is 51.0 Å². The Bertz CT molecular complexity index is 685. The Labute approximate surface area is 132 Å². The minimum Gasteiger partial charge on any atom is -0.339 e. The van der Waals surface area contributed by atoms with Gasteiger partial charge in [0.05, 0.1) is 0 Å². The van der Waals surface area contributed by atoms with E-state index in [1.807, 2.05) is 0 Å². The lowest BCUT2D eigenvalue weighted by Crippen LogP contribution is -2.29. The van der Waals surface area contributed by atoms with Crippen molar-refractivity contribution in [3.63, 3.8) is 0 Å². The number of aromatic nitrogens is 2. The van der Waals surface area contributed by atoms with Crippen LogP contribution >= 0.6 is 12.4 Å². The van der Waals surface area contributed by atoms with Crippen LogP contribution in [0.5, 0.6) is 0 Å². The molecule has 1 saturated carbocycles. The lowest BCUT2D eigenvalue weighted by Gasteiger charge is -2.22. The van der Waals surface area contributed by atoms with Gasteiger partial charge in [-0.15, -0.1) is 12.4 Å². The zero-order valence-electron chi connectivity index (χ0n) is 11.8. The molecule has 2 fully saturated rings. The molecule has 1 saturated heterocycles. The van der Waals surface area contributed by atoms with Crippen molar-refractivity contribution >= 4 is 12.4 Å². The molecule has 4 rings (SSSR count). The van der Waals surface area contributed by atoms with Gasteiger partial charge in [0, 0.05) is 11.5 Å². The molecule has 1 aromatic carbocycles. The maximum atomic E-state index is 13.3. The molecule has 1 unspecified atom stereocenters. The summed E-state index contributed by atoms with van der Waals surface area (Å²) in [5, 5.41) is 7.26. The van der Waals surface area contributed by atoms with Gasteiger partial charge in [0.15, 0.2) is 11.6 Å². The van der Waals surface area contributed by atoms with Crippen LogP contribution in [0.15, 0.2) is 22.7 Å². The highest BCUT2D eigenvalue weighted by Crippen LogP contribution is 2.63. The predicted molar refractivity (Wildman–Crippen MR) is 78.8 cm³/mol. The van der Waals surface area contributed by atoms with Gasteiger partial charge in [-0.2, -0.15) is 4.98 Å². The van der Waals surface area contributed by atoms with Gasteiger partial charge in [-0.25, -0.2) is 8.78 Å². The summed E-state index contributed by atoms with van der Waals surface area (Å²) in [6.45, 7) is 2.06. The minimum atomic E-state index is -0.903. The van der Waals surface area contributed by atoms with Gasteiger partial charge in [-0.3, -0.25) is 0 Å². The van der Waals surface area contributed by atoms with Crippen LogP contribution in [0, 0.1) is 17.0 Å². The Hall–Kier alpha value is -1.53. The number of halogens is 3. The van der Waals surface area contributed by atoms with Gasteiger partial charge in [0.1, 0.15) is 0 Å². The third-order valence-corrected chi connectivity index (χ3v) is 4.71. The van der Waals surface area contributed by atoms with Crippen molar-refractivity contribution in [1.29, 1.82) is 0 Å². The summed E-state index contributed by atoms with van der Waals surface area (Å²) in [6, 6.07) is 3.63. The minimum absolute atomic E-state index is 0. The summed E-state index contributed by atoms with van der Waals surface area (Å²) >= 11 is 0. The molecule has 4 nitrogen and oxygen atoms in total. The first kappa shape index (κ1) is 15.4. The SMILES string of the molecule is Cl.Fc1ccc(-c2noc(C3CC34CCNCC4)n2)cc1F. The van der Waals surface area contributed by atoms with Crippen LogP contribution in [0.25, 0.3) is 11.4 Å². The molecule has 1 atom stereocenters. The van der Waals surface area contributed by atoms with Crippen LogP contribution in [0.2, 0.25) is 0 Å². The fraction of sp³-hybridized carbons (Fsp3) is 0.467. The van der Waals surface area contributed by atoms with Crippen LogP contribution in [0.4, 0.5) is 8.78 Å². The summed E-state index contributed by atoms with van der Waals surface area (Å²) in [5.41, 5.74) is 0.743. The lowest BCUT2D eigenvalue weighted by molar-refractivity contribution is 0.311. The summed E-state index contributed by atoms with van der Waals surface area (Å²) in [4.78, 5) is 4.38. The first-order valence-corrected chi connectivity index (χ1v) is 7.18. The number of nitrogens with zero attached hydrogens (tertiary/aromatic N) is 2. The first-order valence-electron chi connectivity index (χ1n) is 7.18. The molecular formula is C15H16ClF2N3O. The van der Waals surface area contributed by atoms with Crippen molar-refractivity contribution in [3.05, 3.63) is 35.7 Å². The van der Waals surface area contributed by atoms with Gasteiger partial charge in [0.25, 0.3) is 0 Å². The fourth-order valence-electron chi connectivity index (χ4n) is 3.30. The molecule has 2 aliphatic rings. The molecule has 7 heteroatoms. The Morgan fingerprint density at radius 2 is 1.95 bits per heavy atom. The van der Waals surface area contributed by atoms with Gasteiger partial charge >= 0.3 is 0 Å². The second kappa shape index (κ2) is 5.59. The quantitative estimate of drug-likeness (QED) is 0.919. The summed E-state index contributed by atoms with van der Waals surface area (Å²) in [5.74, 6) is -0.527. The number of benzene rings is 1. The van der Waals surface area contributed by atoms with Crippen LogP contribution < -0.4 is 5.32 Å². The summed E-state index contributed by atoms with van der Waals surface area (Å²) < 4.78 is 31.6. The van der Waals surface area contributed by atoms with E-state index in [4.69, 9.17) is 4.52 Å². The molecule has 1 spiro atoms. The number of hydrogen-bond acceptors (Lipinski definition) is 4. The first-order chi connectivity index (χ1) is 10.2. The van der Waals surface area contributed by atoms with E-state index in [2.05, 4.69) is 15.5 Å². The molecule has 2 heterocycles. The van der Waals surface area contributed by atoms with E-state index in [1.165, 1.54) is 6.07 Å². The molecule has 1 aliphatic carbocycles. The highest BCUT2D eigenvalue weighted by molar-refractivity contribution is 5.85. The fourth-order valence-corrected chi connectivity index (χ4v) is 3.30.